The number of benzene rings is 2. The summed E-state index contributed by atoms with van der Waals surface area (Å²) in [5, 5.41) is 11.8. The molecule has 0 amide bonds. The fraction of sp³-hybridized carbons (Fsp3) is 0.321. The van der Waals surface area contributed by atoms with Crippen LogP contribution in [-0.2, 0) is 29.6 Å². The average molecular weight is 518 g/mol. The Morgan fingerprint density at radius 1 is 1.13 bits per heavy atom. The van der Waals surface area contributed by atoms with E-state index in [-0.39, 0.29) is 35.9 Å². The van der Waals surface area contributed by atoms with E-state index >= 15 is 4.39 Å². The number of hydrogen-bond donors (Lipinski definition) is 0. The summed E-state index contributed by atoms with van der Waals surface area (Å²) in [5.74, 6) is -0.0242. The van der Waals surface area contributed by atoms with Crippen molar-refractivity contribution in [1.29, 1.82) is 0 Å². The Morgan fingerprint density at radius 3 is 2.71 bits per heavy atom. The van der Waals surface area contributed by atoms with Crippen LogP contribution in [0.3, 0.4) is 0 Å². The van der Waals surface area contributed by atoms with Gasteiger partial charge in [0.25, 0.3) is 0 Å². The van der Waals surface area contributed by atoms with E-state index in [4.69, 9.17) is 9.47 Å². The number of carbonyl (C=O) groups excluding carboxylic acids is 1. The molecule has 2 aliphatic rings. The molecule has 0 spiro atoms. The van der Waals surface area contributed by atoms with E-state index in [0.29, 0.717) is 40.6 Å². The molecule has 0 unspecified atom stereocenters. The molecule has 38 heavy (non-hydrogen) atoms. The van der Waals surface area contributed by atoms with Crippen LogP contribution in [0.1, 0.15) is 35.1 Å². The van der Waals surface area contributed by atoms with Gasteiger partial charge in [0.1, 0.15) is 18.2 Å². The molecule has 194 valence electrons. The first-order chi connectivity index (χ1) is 18.3. The molecular weight excluding hydrogens is 492 g/mol. The van der Waals surface area contributed by atoms with E-state index in [1.165, 1.54) is 16.9 Å². The van der Waals surface area contributed by atoms with Crippen LogP contribution in [0.4, 0.5) is 8.78 Å². The molecule has 2 aromatic carbocycles. The predicted octanol–water partition coefficient (Wildman–Crippen LogP) is 4.55. The molecule has 4 aromatic rings. The van der Waals surface area contributed by atoms with Crippen LogP contribution >= 0.6 is 0 Å². The number of halogens is 2. The first-order valence-corrected chi connectivity index (χ1v) is 12.5. The number of fused-ring (bicyclic) bond motifs is 3. The maximum Gasteiger partial charge on any atom is 0.309 e. The van der Waals surface area contributed by atoms with Crippen molar-refractivity contribution in [3.63, 3.8) is 0 Å². The molecule has 2 heterocycles. The number of ether oxygens (including phenoxy) is 2. The van der Waals surface area contributed by atoms with Gasteiger partial charge in [0.15, 0.2) is 0 Å². The van der Waals surface area contributed by atoms with E-state index in [1.54, 1.807) is 45.3 Å². The van der Waals surface area contributed by atoms with Gasteiger partial charge in [-0.3, -0.25) is 4.79 Å². The Balaban J connectivity index is 1.19. The minimum atomic E-state index is -0.475. The van der Waals surface area contributed by atoms with Crippen LogP contribution in [0.15, 0.2) is 42.6 Å². The zero-order chi connectivity index (χ0) is 26.6. The van der Waals surface area contributed by atoms with Crippen molar-refractivity contribution in [1.82, 2.24) is 25.2 Å². The van der Waals surface area contributed by atoms with Gasteiger partial charge in [-0.15, -0.1) is 10.2 Å². The van der Waals surface area contributed by atoms with E-state index in [2.05, 4.69) is 20.4 Å². The first-order valence-electron chi connectivity index (χ1n) is 12.5. The summed E-state index contributed by atoms with van der Waals surface area (Å²) in [6.07, 6.45) is 2.51. The lowest BCUT2D eigenvalue weighted by molar-refractivity contribution is -0.145. The predicted molar refractivity (Wildman–Crippen MR) is 133 cm³/mol. The van der Waals surface area contributed by atoms with Crippen LogP contribution in [0.25, 0.3) is 22.5 Å². The highest BCUT2D eigenvalue weighted by Crippen LogP contribution is 2.61. The van der Waals surface area contributed by atoms with Crippen molar-refractivity contribution < 1.29 is 23.0 Å². The van der Waals surface area contributed by atoms with E-state index in [0.717, 1.165) is 17.5 Å². The fourth-order valence-corrected chi connectivity index (χ4v) is 5.45. The second-order valence-electron chi connectivity index (χ2n) is 9.74. The lowest BCUT2D eigenvalue weighted by atomic mass is 9.96. The maximum absolute atomic E-state index is 15.1. The number of pyridine rings is 1. The molecule has 2 aromatic heterocycles. The van der Waals surface area contributed by atoms with Crippen molar-refractivity contribution in [2.75, 3.05) is 6.61 Å². The number of tetrazole rings is 1. The number of rotatable bonds is 7. The molecule has 0 N–H and O–H groups in total. The number of hydrogen-bond acceptors (Lipinski definition) is 7. The van der Waals surface area contributed by atoms with Crippen molar-refractivity contribution in [2.45, 2.75) is 32.8 Å². The summed E-state index contributed by atoms with van der Waals surface area (Å²) in [6.45, 7) is 3.85. The summed E-state index contributed by atoms with van der Waals surface area (Å²) in [4.78, 5) is 17.8. The Kier molecular flexibility index (Phi) is 5.89. The second-order valence-corrected chi connectivity index (χ2v) is 9.74. The summed E-state index contributed by atoms with van der Waals surface area (Å²) in [5.41, 5.74) is 4.43. The minimum Gasteiger partial charge on any atom is -0.473 e. The number of carbonyl (C=O) groups is 1. The molecule has 0 saturated heterocycles. The number of esters is 1. The molecule has 0 aliphatic heterocycles. The Labute approximate surface area is 217 Å². The van der Waals surface area contributed by atoms with Crippen LogP contribution in [-0.4, -0.2) is 37.8 Å². The van der Waals surface area contributed by atoms with E-state index in [9.17, 15) is 9.18 Å². The van der Waals surface area contributed by atoms with Crippen molar-refractivity contribution in [2.24, 2.45) is 18.9 Å². The van der Waals surface area contributed by atoms with Gasteiger partial charge in [-0.05, 0) is 71.9 Å². The molecule has 3 atom stereocenters. The Bertz CT molecular complexity index is 1570. The zero-order valence-corrected chi connectivity index (χ0v) is 21.1. The smallest absolute Gasteiger partial charge is 0.309 e. The molecule has 1 saturated carbocycles. The van der Waals surface area contributed by atoms with Crippen LogP contribution < -0.4 is 4.74 Å². The normalized spacial score (nSPS) is 19.1. The van der Waals surface area contributed by atoms with Crippen LogP contribution in [0.5, 0.6) is 5.88 Å². The second kappa shape index (κ2) is 9.27. The topological polar surface area (TPSA) is 92.0 Å². The summed E-state index contributed by atoms with van der Waals surface area (Å²) in [7, 11) is 1.63. The third-order valence-corrected chi connectivity index (χ3v) is 7.34. The third-order valence-electron chi connectivity index (χ3n) is 7.34. The Hall–Kier alpha value is -4.21. The Morgan fingerprint density at radius 2 is 1.97 bits per heavy atom. The lowest BCUT2D eigenvalue weighted by Gasteiger charge is -2.14. The third kappa shape index (κ3) is 4.19. The maximum atomic E-state index is 15.1. The number of aromatic nitrogens is 5. The van der Waals surface area contributed by atoms with Gasteiger partial charge in [0.05, 0.1) is 19.6 Å². The van der Waals surface area contributed by atoms with E-state index < -0.39 is 11.6 Å². The van der Waals surface area contributed by atoms with Gasteiger partial charge in [-0.25, -0.2) is 13.8 Å². The monoisotopic (exact) mass is 517 g/mol. The van der Waals surface area contributed by atoms with Crippen molar-refractivity contribution in [3.05, 3.63) is 76.5 Å². The molecule has 2 aliphatic carbocycles. The lowest BCUT2D eigenvalue weighted by Crippen LogP contribution is -2.11. The van der Waals surface area contributed by atoms with E-state index in [1.807, 2.05) is 6.07 Å². The first kappa shape index (κ1) is 24.1. The van der Waals surface area contributed by atoms with Gasteiger partial charge >= 0.3 is 5.97 Å². The largest absolute Gasteiger partial charge is 0.473 e. The summed E-state index contributed by atoms with van der Waals surface area (Å²) >= 11 is 0. The van der Waals surface area contributed by atoms with Gasteiger partial charge in [0.2, 0.25) is 11.7 Å². The van der Waals surface area contributed by atoms with Gasteiger partial charge in [-0.1, -0.05) is 12.1 Å². The minimum absolute atomic E-state index is 0.0631. The molecule has 10 heteroatoms. The van der Waals surface area contributed by atoms with Gasteiger partial charge in [0, 0.05) is 34.9 Å². The fourth-order valence-electron chi connectivity index (χ4n) is 5.45. The van der Waals surface area contributed by atoms with Crippen molar-refractivity contribution in [3.8, 4) is 28.4 Å². The SMILES string of the molecule is CCOC(=O)[C@H]1[C@@H]2Cc3cc(OCc4cc(-c5ccc(-c6nnn(C)n6)cc5F)c(C)cc4F)ncc3[C@@H]21. The van der Waals surface area contributed by atoms with Gasteiger partial charge in [-0.2, -0.15) is 4.80 Å². The summed E-state index contributed by atoms with van der Waals surface area (Å²) < 4.78 is 41.0. The molecule has 6 rings (SSSR count). The number of aryl methyl sites for hydroxylation is 2. The molecular formula is C28H25F2N5O3. The van der Waals surface area contributed by atoms with Crippen LogP contribution in [0, 0.1) is 30.4 Å². The highest BCUT2D eigenvalue weighted by molar-refractivity contribution is 5.79. The summed E-state index contributed by atoms with van der Waals surface area (Å²) in [6, 6.07) is 9.52. The highest BCUT2D eigenvalue weighted by Gasteiger charge is 2.60. The van der Waals surface area contributed by atoms with Gasteiger partial charge < -0.3 is 9.47 Å². The molecule has 1 fully saturated rings. The van der Waals surface area contributed by atoms with Crippen LogP contribution in [0.2, 0.25) is 0 Å². The molecule has 8 nitrogen and oxygen atoms in total. The quantitative estimate of drug-likeness (QED) is 0.332. The number of nitrogens with zero attached hydrogens (tertiary/aromatic N) is 5. The highest BCUT2D eigenvalue weighted by atomic mass is 19.1. The standard InChI is InChI=1S/C28H25F2N5O3/c1-4-37-28(36)26-20-8-16-11-24(31-12-21(16)25(20)26)38-13-17-9-19(14(2)7-22(17)29)18-6-5-15(10-23(18)30)27-32-34-35(3)33-27/h5-7,9-12,20,25-26H,4,8,13H2,1-3H3/t20-,25-,26+/m1/s1. The average Bonchev–Trinajstić information content (AvgIpc) is 3.21. The van der Waals surface area contributed by atoms with Crippen molar-refractivity contribution >= 4 is 5.97 Å². The molecule has 0 bridgehead atoms. The zero-order valence-electron chi connectivity index (χ0n) is 21.1. The molecule has 0 radical (unpaired) electrons.